The number of aryl methyl sites for hydroxylation is 2. The predicted octanol–water partition coefficient (Wildman–Crippen LogP) is 8.68. The summed E-state index contributed by atoms with van der Waals surface area (Å²) in [7, 11) is 1.54. The molecule has 3 aromatic rings. The van der Waals surface area contributed by atoms with E-state index in [2.05, 4.69) is 27.6 Å². The van der Waals surface area contributed by atoms with Gasteiger partial charge in [0.15, 0.2) is 5.82 Å². The molecule has 1 aromatic carbocycles. The molecule has 8 nitrogen and oxygen atoms in total. The zero-order valence-corrected chi connectivity index (χ0v) is 31.1. The minimum atomic E-state index is -0.548. The van der Waals surface area contributed by atoms with Gasteiger partial charge in [-0.25, -0.2) is 13.8 Å². The molecule has 3 saturated heterocycles. The van der Waals surface area contributed by atoms with Crippen LogP contribution in [0.5, 0.6) is 6.01 Å². The number of nitrogens with one attached hydrogen (secondary N) is 1. The minimum absolute atomic E-state index is 0. The Kier molecular flexibility index (Phi) is 12.4. The molecule has 3 fully saturated rings. The average Bonchev–Trinajstić information content (AvgIpc) is 3.74. The zero-order chi connectivity index (χ0) is 37.1. The summed E-state index contributed by atoms with van der Waals surface area (Å²) in [5.41, 5.74) is 3.29. The number of pyridine rings is 1. The lowest BCUT2D eigenvalue weighted by molar-refractivity contribution is 0.108. The fourth-order valence-electron chi connectivity index (χ4n) is 8.57. The summed E-state index contributed by atoms with van der Waals surface area (Å²) >= 11 is 0.151. The Morgan fingerprint density at radius 3 is 2.65 bits per heavy atom. The topological polar surface area (TPSA) is 75.6 Å². The van der Waals surface area contributed by atoms with Gasteiger partial charge in [-0.3, -0.25) is 4.90 Å². The normalized spacial score (nSPS) is 20.4. The second-order valence-corrected chi connectivity index (χ2v) is 14.7. The average molecular weight is 759 g/mol. The first-order valence-electron chi connectivity index (χ1n) is 18.4. The lowest BCUT2D eigenvalue weighted by atomic mass is 9.85. The van der Waals surface area contributed by atoms with Gasteiger partial charge in [-0.2, -0.15) is 13.9 Å². The standard InChI is InChI=1S/C33H34F2N6O.C8H11FOS.CH4/c1-2-22-24(34)10-8-20-6-3-7-23(26(20)22)29-28(35)30-27-25(37-29)11-9-21-18-36-14-17-41(21)31(27)39-32(38-30)42-19-33-12-4-15-40(33)16-5-13-33;1-4-7(10-3)6-8(5-2)11-9;/h1,3,6-7,21,36H,4-5,8-19H2;4-6H,2H2,1,3H3;1H4/b;7-4+,8-6+;. The second-order valence-electron chi connectivity index (χ2n) is 14.1. The summed E-state index contributed by atoms with van der Waals surface area (Å²) in [6.07, 6.45) is 17.3. The van der Waals surface area contributed by atoms with Crippen LogP contribution in [0.4, 0.5) is 18.5 Å². The van der Waals surface area contributed by atoms with E-state index in [0.29, 0.717) is 52.4 Å². The van der Waals surface area contributed by atoms with E-state index >= 15 is 4.39 Å². The number of anilines is 1. The lowest BCUT2D eigenvalue weighted by Crippen LogP contribution is -2.51. The number of fused-ring (bicyclic) bond motifs is 4. The van der Waals surface area contributed by atoms with Crippen LogP contribution in [0.1, 0.15) is 69.7 Å². The number of aromatic nitrogens is 3. The molecule has 0 bridgehead atoms. The maximum absolute atomic E-state index is 16.9. The van der Waals surface area contributed by atoms with E-state index in [9.17, 15) is 8.28 Å². The Hall–Kier alpha value is -4.31. The van der Waals surface area contributed by atoms with Crippen LogP contribution in [0.15, 0.2) is 59.5 Å². The number of allylic oxidation sites excluding steroid dienone is 5. The van der Waals surface area contributed by atoms with Crippen molar-refractivity contribution in [2.75, 3.05) is 51.3 Å². The van der Waals surface area contributed by atoms with Crippen molar-refractivity contribution in [2.45, 2.75) is 77.3 Å². The summed E-state index contributed by atoms with van der Waals surface area (Å²) < 4.78 is 55.1. The van der Waals surface area contributed by atoms with Crippen LogP contribution in [-0.4, -0.2) is 77.9 Å². The van der Waals surface area contributed by atoms with Crippen LogP contribution >= 0.6 is 12.1 Å². The number of nitrogens with zero attached hydrogens (tertiary/aromatic N) is 5. The van der Waals surface area contributed by atoms with Gasteiger partial charge >= 0.3 is 6.01 Å². The van der Waals surface area contributed by atoms with E-state index in [0.717, 1.165) is 63.2 Å². The smallest absolute Gasteiger partial charge is 0.319 e. The molecule has 1 unspecified atom stereocenters. The van der Waals surface area contributed by atoms with Gasteiger partial charge in [0.05, 0.1) is 41.4 Å². The number of rotatable bonds is 8. The van der Waals surface area contributed by atoms with Crippen LogP contribution in [0.3, 0.4) is 0 Å². The molecule has 12 heteroatoms. The number of terminal acetylenes is 1. The maximum Gasteiger partial charge on any atom is 0.319 e. The molecule has 1 N–H and O–H groups in total. The number of methoxy groups -OCH3 is 1. The number of halogens is 3. The Morgan fingerprint density at radius 1 is 1.15 bits per heavy atom. The number of hydrogen-bond acceptors (Lipinski definition) is 9. The summed E-state index contributed by atoms with van der Waals surface area (Å²) in [4.78, 5) is 19.9. The molecule has 1 aliphatic carbocycles. The van der Waals surface area contributed by atoms with Crippen molar-refractivity contribution < 1.29 is 22.1 Å². The summed E-state index contributed by atoms with van der Waals surface area (Å²) in [5, 5.41) is 4.15. The van der Waals surface area contributed by atoms with E-state index in [1.165, 1.54) is 26.0 Å². The van der Waals surface area contributed by atoms with Crippen LogP contribution in [0.2, 0.25) is 0 Å². The van der Waals surface area contributed by atoms with Crippen molar-refractivity contribution in [3.8, 4) is 29.6 Å². The highest BCUT2D eigenvalue weighted by Gasteiger charge is 2.45. The monoisotopic (exact) mass is 758 g/mol. The Balaban J connectivity index is 0.000000364. The van der Waals surface area contributed by atoms with Crippen LogP contribution in [0.25, 0.3) is 27.7 Å². The van der Waals surface area contributed by atoms with Gasteiger partial charge in [-0.1, -0.05) is 44.2 Å². The molecule has 0 radical (unpaired) electrons. The van der Waals surface area contributed by atoms with Crippen molar-refractivity contribution in [2.24, 2.45) is 0 Å². The third kappa shape index (κ3) is 7.38. The fourth-order valence-corrected chi connectivity index (χ4v) is 8.79. The fraction of sp³-hybridized carbons (Fsp3) is 0.452. The Morgan fingerprint density at radius 2 is 1.94 bits per heavy atom. The highest BCUT2D eigenvalue weighted by Crippen LogP contribution is 2.43. The van der Waals surface area contributed by atoms with Gasteiger partial charge < -0.3 is 19.7 Å². The van der Waals surface area contributed by atoms with E-state index in [-0.39, 0.29) is 66.2 Å². The largest absolute Gasteiger partial charge is 0.497 e. The lowest BCUT2D eigenvalue weighted by Gasteiger charge is -2.36. The van der Waals surface area contributed by atoms with Crippen LogP contribution in [-0.2, 0) is 17.6 Å². The first-order chi connectivity index (χ1) is 25.8. The first kappa shape index (κ1) is 39.4. The van der Waals surface area contributed by atoms with E-state index < -0.39 is 5.82 Å². The molecule has 286 valence electrons. The molecule has 5 aliphatic rings. The molecule has 1 atom stereocenters. The summed E-state index contributed by atoms with van der Waals surface area (Å²) in [6, 6.07) is 6.00. The minimum Gasteiger partial charge on any atom is -0.497 e. The number of ether oxygens (including phenoxy) is 2. The molecular weight excluding hydrogens is 710 g/mol. The van der Waals surface area contributed by atoms with E-state index in [1.54, 1.807) is 18.2 Å². The van der Waals surface area contributed by atoms with Gasteiger partial charge in [0.25, 0.3) is 0 Å². The molecule has 0 saturated carbocycles. The number of benzene rings is 1. The Labute approximate surface area is 321 Å². The molecule has 8 rings (SSSR count). The van der Waals surface area contributed by atoms with Crippen molar-refractivity contribution in [1.82, 2.24) is 25.2 Å². The van der Waals surface area contributed by atoms with Crippen molar-refractivity contribution >= 4 is 34.4 Å². The Bertz CT molecular complexity index is 2030. The zero-order valence-electron chi connectivity index (χ0n) is 30.3. The molecule has 0 amide bonds. The third-order valence-corrected chi connectivity index (χ3v) is 11.7. The second kappa shape index (κ2) is 17.0. The third-order valence-electron chi connectivity index (χ3n) is 11.2. The molecule has 6 heterocycles. The SMILES string of the molecule is C.C#CC1=C(F)CCc2cccc(-c3nc4c5c(nc(OCC67CCCN6CCC7)nc5c3F)N3CCNCC3CC4)c21.C=C/C(=C\C(=C/C)OC)SF. The quantitative estimate of drug-likeness (QED) is 0.138. The first-order valence-corrected chi connectivity index (χ1v) is 19.1. The van der Waals surface area contributed by atoms with Crippen LogP contribution in [0, 0.1) is 18.2 Å². The van der Waals surface area contributed by atoms with Gasteiger partial charge in [0, 0.05) is 48.1 Å². The van der Waals surface area contributed by atoms with Crippen molar-refractivity contribution in [1.29, 1.82) is 0 Å². The van der Waals surface area contributed by atoms with Gasteiger partial charge in [0.2, 0.25) is 0 Å². The van der Waals surface area contributed by atoms with Gasteiger partial charge in [-0.15, -0.1) is 6.42 Å². The van der Waals surface area contributed by atoms with E-state index in [4.69, 9.17) is 30.8 Å². The highest BCUT2D eigenvalue weighted by molar-refractivity contribution is 7.98. The molecule has 4 aliphatic heterocycles. The van der Waals surface area contributed by atoms with Crippen molar-refractivity contribution in [3.63, 3.8) is 0 Å². The maximum atomic E-state index is 16.9. The van der Waals surface area contributed by atoms with Gasteiger partial charge in [0.1, 0.15) is 35.2 Å². The molecule has 54 heavy (non-hydrogen) atoms. The summed E-state index contributed by atoms with van der Waals surface area (Å²) in [5.74, 6) is 2.97. The van der Waals surface area contributed by atoms with Crippen molar-refractivity contribution in [3.05, 3.63) is 82.1 Å². The molecule has 2 aromatic heterocycles. The molecule has 0 spiro atoms. The van der Waals surface area contributed by atoms with E-state index in [1.807, 2.05) is 19.1 Å². The predicted molar refractivity (Wildman–Crippen MR) is 213 cm³/mol. The highest BCUT2D eigenvalue weighted by atomic mass is 32.2. The van der Waals surface area contributed by atoms with Crippen LogP contribution < -0.4 is 15.0 Å². The number of piperazine rings is 1. The molecular formula is C42H49F3N6O2S. The number of hydrogen-bond donors (Lipinski definition) is 1. The van der Waals surface area contributed by atoms with Gasteiger partial charge in [-0.05, 0) is 82.7 Å². The summed E-state index contributed by atoms with van der Waals surface area (Å²) in [6.45, 7) is 10.4.